The number of hydrogen-bond donors (Lipinski definition) is 0. The van der Waals surface area contributed by atoms with Gasteiger partial charge >= 0.3 is 0 Å². The molecule has 16 heavy (non-hydrogen) atoms. The molecule has 1 aromatic carbocycles. The molecule has 1 heteroatoms. The summed E-state index contributed by atoms with van der Waals surface area (Å²) in [6, 6.07) is 10.5. The molecule has 0 saturated heterocycles. The molecular weight excluding hydrogens is 194 g/mol. The fraction of sp³-hybridized carbons (Fsp3) is 0.267. The third-order valence-corrected chi connectivity index (χ3v) is 3.16. The normalized spacial score (nSPS) is 17.4. The van der Waals surface area contributed by atoms with E-state index in [-0.39, 0.29) is 5.41 Å². The smallest absolute Gasteiger partial charge is 0.0709 e. The molecule has 1 aliphatic rings. The number of hydrogen-bond acceptors (Lipinski definition) is 1. The molecule has 0 amide bonds. The van der Waals surface area contributed by atoms with Crippen LogP contribution in [0.1, 0.15) is 20.3 Å². The Morgan fingerprint density at radius 2 is 2.00 bits per heavy atom. The number of aromatic nitrogens is 1. The van der Waals surface area contributed by atoms with Gasteiger partial charge in [-0.1, -0.05) is 44.2 Å². The molecule has 0 unspecified atom stereocenters. The van der Waals surface area contributed by atoms with Crippen molar-refractivity contribution in [3.63, 3.8) is 0 Å². The maximum atomic E-state index is 4.72. The lowest BCUT2D eigenvalue weighted by atomic mass is 9.85. The van der Waals surface area contributed by atoms with Crippen LogP contribution in [0.25, 0.3) is 23.1 Å². The third kappa shape index (κ3) is 1.53. The third-order valence-electron chi connectivity index (χ3n) is 3.16. The maximum absolute atomic E-state index is 4.72. The number of para-hydroxylation sites is 1. The topological polar surface area (TPSA) is 12.9 Å². The van der Waals surface area contributed by atoms with Crippen LogP contribution in [0, 0.1) is 5.41 Å². The largest absolute Gasteiger partial charge is 0.248 e. The highest BCUT2D eigenvalue weighted by molar-refractivity contribution is 5.78. The predicted molar refractivity (Wildman–Crippen MR) is 68.3 cm³/mol. The highest BCUT2D eigenvalue weighted by Crippen LogP contribution is 2.23. The molecule has 0 spiro atoms. The minimum atomic E-state index is 0.239. The quantitative estimate of drug-likeness (QED) is 0.648. The molecule has 0 fully saturated rings. The first kappa shape index (κ1) is 9.59. The molecule has 3 rings (SSSR count). The van der Waals surface area contributed by atoms with E-state index in [1.165, 1.54) is 10.6 Å². The lowest BCUT2D eigenvalue weighted by Gasteiger charge is -2.20. The number of pyridine rings is 1. The van der Waals surface area contributed by atoms with Crippen molar-refractivity contribution in [2.45, 2.75) is 20.3 Å². The highest BCUT2D eigenvalue weighted by atomic mass is 14.7. The monoisotopic (exact) mass is 209 g/mol. The zero-order valence-electron chi connectivity index (χ0n) is 9.70. The number of rotatable bonds is 0. The molecule has 1 aliphatic carbocycles. The van der Waals surface area contributed by atoms with E-state index in [0.717, 1.165) is 17.3 Å². The Hall–Kier alpha value is -1.63. The zero-order valence-corrected chi connectivity index (χ0v) is 9.70. The van der Waals surface area contributed by atoms with Crippen molar-refractivity contribution in [3.05, 3.63) is 40.9 Å². The Bertz CT molecular complexity index is 665. The van der Waals surface area contributed by atoms with Gasteiger partial charge in [0, 0.05) is 5.39 Å². The van der Waals surface area contributed by atoms with Gasteiger partial charge in [0.05, 0.1) is 10.9 Å². The first-order valence-corrected chi connectivity index (χ1v) is 5.73. The first-order chi connectivity index (χ1) is 7.64. The molecule has 0 N–H and O–H groups in total. The minimum absolute atomic E-state index is 0.239. The van der Waals surface area contributed by atoms with Gasteiger partial charge in [-0.15, -0.1) is 0 Å². The van der Waals surface area contributed by atoms with Crippen molar-refractivity contribution >= 4 is 23.1 Å². The number of nitrogens with zero attached hydrogens (tertiary/aromatic N) is 1. The van der Waals surface area contributed by atoms with Gasteiger partial charge in [-0.25, -0.2) is 4.98 Å². The van der Waals surface area contributed by atoms with Gasteiger partial charge in [-0.2, -0.15) is 0 Å². The second-order valence-electron chi connectivity index (χ2n) is 5.20. The molecule has 1 aromatic heterocycles. The Balaban J connectivity index is 2.41. The Labute approximate surface area is 95.1 Å². The van der Waals surface area contributed by atoms with Crippen LogP contribution in [0.2, 0.25) is 0 Å². The summed E-state index contributed by atoms with van der Waals surface area (Å²) in [5.74, 6) is 0. The minimum Gasteiger partial charge on any atom is -0.248 e. The molecule has 80 valence electrons. The zero-order chi connectivity index (χ0) is 11.2. The molecule has 1 heterocycles. The van der Waals surface area contributed by atoms with Crippen molar-refractivity contribution < 1.29 is 0 Å². The number of benzene rings is 1. The van der Waals surface area contributed by atoms with E-state index < -0.39 is 0 Å². The van der Waals surface area contributed by atoms with Crippen molar-refractivity contribution in [3.8, 4) is 0 Å². The molecule has 0 aliphatic heterocycles. The summed E-state index contributed by atoms with van der Waals surface area (Å²) in [5.41, 5.74) is 1.33. The highest BCUT2D eigenvalue weighted by Gasteiger charge is 2.15. The van der Waals surface area contributed by atoms with Gasteiger partial charge < -0.3 is 0 Å². The van der Waals surface area contributed by atoms with E-state index >= 15 is 0 Å². The molecule has 0 saturated carbocycles. The van der Waals surface area contributed by atoms with Crippen LogP contribution in [0.5, 0.6) is 0 Å². The van der Waals surface area contributed by atoms with Gasteiger partial charge in [0.25, 0.3) is 0 Å². The second kappa shape index (κ2) is 3.18. The first-order valence-electron chi connectivity index (χ1n) is 5.73. The van der Waals surface area contributed by atoms with Crippen molar-refractivity contribution in [2.24, 2.45) is 5.41 Å². The van der Waals surface area contributed by atoms with Crippen LogP contribution >= 0.6 is 0 Å². The van der Waals surface area contributed by atoms with Crippen molar-refractivity contribution in [2.75, 3.05) is 0 Å². The average Bonchev–Trinajstić information content (AvgIpc) is 2.25. The summed E-state index contributed by atoms with van der Waals surface area (Å²) in [4.78, 5) is 4.72. The van der Waals surface area contributed by atoms with E-state index in [2.05, 4.69) is 50.3 Å². The molecule has 0 radical (unpaired) electrons. The summed E-state index contributed by atoms with van der Waals surface area (Å²) in [7, 11) is 0. The molecule has 1 nitrogen and oxygen atoms in total. The molecular formula is C15H15N. The fourth-order valence-corrected chi connectivity index (χ4v) is 2.23. The lowest BCUT2D eigenvalue weighted by molar-refractivity contribution is 0.533. The van der Waals surface area contributed by atoms with Crippen LogP contribution < -0.4 is 10.6 Å². The van der Waals surface area contributed by atoms with Gasteiger partial charge in [-0.05, 0) is 29.2 Å². The molecule has 2 aromatic rings. The van der Waals surface area contributed by atoms with E-state index in [0.29, 0.717) is 0 Å². The van der Waals surface area contributed by atoms with E-state index in [1.54, 1.807) is 0 Å². The van der Waals surface area contributed by atoms with Crippen LogP contribution in [-0.2, 0) is 0 Å². The number of fused-ring (bicyclic) bond motifs is 2. The summed E-state index contributed by atoms with van der Waals surface area (Å²) >= 11 is 0. The summed E-state index contributed by atoms with van der Waals surface area (Å²) in [6.45, 7) is 4.51. The van der Waals surface area contributed by atoms with Crippen LogP contribution in [0.4, 0.5) is 0 Å². The lowest BCUT2D eigenvalue weighted by Crippen LogP contribution is -2.34. The van der Waals surface area contributed by atoms with Crippen LogP contribution in [-0.4, -0.2) is 4.98 Å². The van der Waals surface area contributed by atoms with Gasteiger partial charge in [0.1, 0.15) is 0 Å². The maximum Gasteiger partial charge on any atom is 0.0709 e. The van der Waals surface area contributed by atoms with E-state index in [4.69, 9.17) is 4.98 Å². The Kier molecular flexibility index (Phi) is 1.90. The van der Waals surface area contributed by atoms with Crippen molar-refractivity contribution in [1.82, 2.24) is 4.98 Å². The summed E-state index contributed by atoms with van der Waals surface area (Å²) in [5, 5.41) is 3.64. The SMILES string of the molecule is CC1(C)C=c2nc3ccccc3cc2=CC1. The molecule has 0 atom stereocenters. The van der Waals surface area contributed by atoms with Crippen molar-refractivity contribution in [1.29, 1.82) is 0 Å². The summed E-state index contributed by atoms with van der Waals surface area (Å²) in [6.07, 6.45) is 5.68. The summed E-state index contributed by atoms with van der Waals surface area (Å²) < 4.78 is 0. The van der Waals surface area contributed by atoms with Crippen LogP contribution in [0.3, 0.4) is 0 Å². The van der Waals surface area contributed by atoms with Gasteiger partial charge in [0.15, 0.2) is 0 Å². The average molecular weight is 209 g/mol. The van der Waals surface area contributed by atoms with E-state index in [9.17, 15) is 0 Å². The van der Waals surface area contributed by atoms with Gasteiger partial charge in [0.2, 0.25) is 0 Å². The second-order valence-corrected chi connectivity index (χ2v) is 5.20. The molecule has 0 bridgehead atoms. The Morgan fingerprint density at radius 3 is 2.88 bits per heavy atom. The van der Waals surface area contributed by atoms with Gasteiger partial charge in [-0.3, -0.25) is 0 Å². The van der Waals surface area contributed by atoms with Crippen LogP contribution in [0.15, 0.2) is 30.3 Å². The predicted octanol–water partition coefficient (Wildman–Crippen LogP) is 2.23. The fourth-order valence-electron chi connectivity index (χ4n) is 2.23. The van der Waals surface area contributed by atoms with E-state index in [1.807, 2.05) is 6.07 Å². The standard InChI is InChI=1S/C15H15N/c1-15(2)8-7-12-9-11-5-3-4-6-13(11)16-14(12)10-15/h3-7,9-10H,8H2,1-2H3. The Morgan fingerprint density at radius 1 is 1.19 bits per heavy atom.